The standard InChI is InChI=1S/C12H14FNO4S/c1-8-6-10(2-3-11(8)13)19(17,18)14-5-4-9(7-14)12(15)16/h2-3,6,9H,4-5,7H2,1H3,(H,15,16). The first-order chi connectivity index (χ1) is 8.82. The first kappa shape index (κ1) is 14.0. The zero-order chi connectivity index (χ0) is 14.2. The van der Waals surface area contributed by atoms with E-state index in [9.17, 15) is 17.6 Å². The Bertz CT molecular complexity index is 614. The molecule has 1 N–H and O–H groups in total. The molecule has 0 aliphatic carbocycles. The van der Waals surface area contributed by atoms with Crippen LogP contribution in [0.5, 0.6) is 0 Å². The molecule has 1 saturated heterocycles. The van der Waals surface area contributed by atoms with Gasteiger partial charge in [-0.1, -0.05) is 0 Å². The van der Waals surface area contributed by atoms with Gasteiger partial charge in [0.05, 0.1) is 10.8 Å². The molecule has 1 aromatic carbocycles. The molecule has 0 saturated carbocycles. The maximum absolute atomic E-state index is 13.1. The van der Waals surface area contributed by atoms with Gasteiger partial charge in [-0.25, -0.2) is 12.8 Å². The second kappa shape index (κ2) is 4.90. The lowest BCUT2D eigenvalue weighted by Crippen LogP contribution is -2.30. The normalized spacial score (nSPS) is 20.6. The van der Waals surface area contributed by atoms with Gasteiger partial charge in [-0.15, -0.1) is 0 Å². The van der Waals surface area contributed by atoms with Crippen LogP contribution in [-0.2, 0) is 14.8 Å². The topological polar surface area (TPSA) is 74.7 Å². The van der Waals surface area contributed by atoms with Crippen molar-refractivity contribution in [1.29, 1.82) is 0 Å². The highest BCUT2D eigenvalue weighted by Gasteiger charge is 2.35. The number of carboxylic acid groups (broad SMARTS) is 1. The third-order valence-corrected chi connectivity index (χ3v) is 5.13. The first-order valence-electron chi connectivity index (χ1n) is 5.81. The van der Waals surface area contributed by atoms with E-state index in [1.165, 1.54) is 19.1 Å². The lowest BCUT2D eigenvalue weighted by molar-refractivity contribution is -0.141. The minimum atomic E-state index is -3.74. The molecular weight excluding hydrogens is 273 g/mol. The number of carbonyl (C=O) groups is 1. The van der Waals surface area contributed by atoms with E-state index < -0.39 is 27.7 Å². The highest BCUT2D eigenvalue weighted by molar-refractivity contribution is 7.89. The van der Waals surface area contributed by atoms with Crippen molar-refractivity contribution in [1.82, 2.24) is 4.31 Å². The van der Waals surface area contributed by atoms with Crippen LogP contribution in [0.4, 0.5) is 4.39 Å². The summed E-state index contributed by atoms with van der Waals surface area (Å²) in [4.78, 5) is 10.8. The van der Waals surface area contributed by atoms with Gasteiger partial charge in [-0.3, -0.25) is 4.79 Å². The van der Waals surface area contributed by atoms with Crippen molar-refractivity contribution in [2.75, 3.05) is 13.1 Å². The molecule has 104 valence electrons. The van der Waals surface area contributed by atoms with Crippen molar-refractivity contribution in [3.8, 4) is 0 Å². The summed E-state index contributed by atoms with van der Waals surface area (Å²) in [5.41, 5.74) is 0.245. The maximum atomic E-state index is 13.1. The Kier molecular flexibility index (Phi) is 3.60. The fourth-order valence-corrected chi connectivity index (χ4v) is 3.66. The van der Waals surface area contributed by atoms with Crippen LogP contribution in [0.1, 0.15) is 12.0 Å². The average molecular weight is 287 g/mol. The Labute approximate surface area is 110 Å². The first-order valence-corrected chi connectivity index (χ1v) is 7.25. The van der Waals surface area contributed by atoms with Crippen LogP contribution in [0, 0.1) is 18.7 Å². The molecule has 1 unspecified atom stereocenters. The molecule has 1 aliphatic heterocycles. The molecule has 2 rings (SSSR count). The predicted molar refractivity (Wildman–Crippen MR) is 65.6 cm³/mol. The molecule has 1 atom stereocenters. The molecule has 1 heterocycles. The fourth-order valence-electron chi connectivity index (χ4n) is 2.07. The molecule has 0 amide bonds. The molecule has 0 bridgehead atoms. The van der Waals surface area contributed by atoms with Gasteiger partial charge >= 0.3 is 5.97 Å². The SMILES string of the molecule is Cc1cc(S(=O)(=O)N2CCC(C(=O)O)C2)ccc1F. The minimum absolute atomic E-state index is 0.00237. The van der Waals surface area contributed by atoms with Crippen LogP contribution in [0.2, 0.25) is 0 Å². The Morgan fingerprint density at radius 3 is 2.68 bits per heavy atom. The number of hydrogen-bond donors (Lipinski definition) is 1. The van der Waals surface area contributed by atoms with Gasteiger partial charge in [-0.2, -0.15) is 4.31 Å². The number of sulfonamides is 1. The van der Waals surface area contributed by atoms with E-state index in [1.54, 1.807) is 0 Å². The number of aliphatic carboxylic acids is 1. The van der Waals surface area contributed by atoms with Crippen LogP contribution in [0.25, 0.3) is 0 Å². The monoisotopic (exact) mass is 287 g/mol. The van der Waals surface area contributed by atoms with Crippen molar-refractivity contribution >= 4 is 16.0 Å². The number of carboxylic acids is 1. The third kappa shape index (κ3) is 2.62. The molecule has 1 fully saturated rings. The van der Waals surface area contributed by atoms with E-state index in [-0.39, 0.29) is 23.5 Å². The Morgan fingerprint density at radius 1 is 1.47 bits per heavy atom. The summed E-state index contributed by atoms with van der Waals surface area (Å²) in [6, 6.07) is 3.57. The van der Waals surface area contributed by atoms with Gasteiger partial charge in [-0.05, 0) is 37.1 Å². The number of aryl methyl sites for hydroxylation is 1. The van der Waals surface area contributed by atoms with Gasteiger partial charge in [0.1, 0.15) is 5.82 Å². The van der Waals surface area contributed by atoms with Crippen molar-refractivity contribution < 1.29 is 22.7 Å². The predicted octanol–water partition coefficient (Wildman–Crippen LogP) is 1.23. The number of halogens is 1. The maximum Gasteiger partial charge on any atom is 0.307 e. The molecule has 7 heteroatoms. The molecule has 5 nitrogen and oxygen atoms in total. The zero-order valence-corrected chi connectivity index (χ0v) is 11.2. The number of nitrogens with zero attached hydrogens (tertiary/aromatic N) is 1. The lowest BCUT2D eigenvalue weighted by atomic mass is 10.1. The Morgan fingerprint density at radius 2 is 2.16 bits per heavy atom. The van der Waals surface area contributed by atoms with Crippen LogP contribution in [0.3, 0.4) is 0 Å². The molecule has 19 heavy (non-hydrogen) atoms. The number of rotatable bonds is 3. The van der Waals surface area contributed by atoms with Crippen LogP contribution >= 0.6 is 0 Å². The summed E-state index contributed by atoms with van der Waals surface area (Å²) in [6.45, 7) is 1.63. The molecule has 0 radical (unpaired) electrons. The summed E-state index contributed by atoms with van der Waals surface area (Å²) >= 11 is 0. The Balaban J connectivity index is 2.28. The van der Waals surface area contributed by atoms with E-state index in [4.69, 9.17) is 5.11 Å². The minimum Gasteiger partial charge on any atom is -0.481 e. The highest BCUT2D eigenvalue weighted by Crippen LogP contribution is 2.25. The third-order valence-electron chi connectivity index (χ3n) is 3.27. The smallest absolute Gasteiger partial charge is 0.307 e. The number of benzene rings is 1. The van der Waals surface area contributed by atoms with E-state index in [1.807, 2.05) is 0 Å². The summed E-state index contributed by atoms with van der Waals surface area (Å²) in [5.74, 6) is -2.13. The van der Waals surface area contributed by atoms with Crippen molar-refractivity contribution in [3.63, 3.8) is 0 Å². The van der Waals surface area contributed by atoms with Crippen LogP contribution < -0.4 is 0 Å². The molecule has 0 aromatic heterocycles. The molecule has 1 aliphatic rings. The summed E-state index contributed by atoms with van der Waals surface area (Å²) in [6.07, 6.45) is 0.300. The molecular formula is C12H14FNO4S. The number of hydrogen-bond acceptors (Lipinski definition) is 3. The summed E-state index contributed by atoms with van der Waals surface area (Å²) < 4.78 is 38.8. The van der Waals surface area contributed by atoms with Crippen molar-refractivity contribution in [2.45, 2.75) is 18.2 Å². The molecule has 0 spiro atoms. The second-order valence-electron chi connectivity index (χ2n) is 4.60. The van der Waals surface area contributed by atoms with Gasteiger partial charge in [0.2, 0.25) is 10.0 Å². The fraction of sp³-hybridized carbons (Fsp3) is 0.417. The van der Waals surface area contributed by atoms with E-state index in [2.05, 4.69) is 0 Å². The van der Waals surface area contributed by atoms with E-state index in [0.29, 0.717) is 6.42 Å². The van der Waals surface area contributed by atoms with Gasteiger partial charge < -0.3 is 5.11 Å². The van der Waals surface area contributed by atoms with Gasteiger partial charge in [0.25, 0.3) is 0 Å². The quantitative estimate of drug-likeness (QED) is 0.907. The van der Waals surface area contributed by atoms with Crippen LogP contribution in [0.15, 0.2) is 23.1 Å². The summed E-state index contributed by atoms with van der Waals surface area (Å²) in [7, 11) is -3.74. The average Bonchev–Trinajstić information content (AvgIpc) is 2.82. The largest absolute Gasteiger partial charge is 0.481 e. The Hall–Kier alpha value is -1.47. The van der Waals surface area contributed by atoms with E-state index >= 15 is 0 Å². The van der Waals surface area contributed by atoms with Gasteiger partial charge in [0, 0.05) is 13.1 Å². The summed E-state index contributed by atoms with van der Waals surface area (Å²) in [5, 5.41) is 8.88. The van der Waals surface area contributed by atoms with Crippen LogP contribution in [-0.4, -0.2) is 36.9 Å². The van der Waals surface area contributed by atoms with Crippen molar-refractivity contribution in [2.24, 2.45) is 5.92 Å². The second-order valence-corrected chi connectivity index (χ2v) is 6.54. The zero-order valence-electron chi connectivity index (χ0n) is 10.3. The van der Waals surface area contributed by atoms with E-state index in [0.717, 1.165) is 10.4 Å². The van der Waals surface area contributed by atoms with Gasteiger partial charge in [0.15, 0.2) is 0 Å². The lowest BCUT2D eigenvalue weighted by Gasteiger charge is -2.16. The highest BCUT2D eigenvalue weighted by atomic mass is 32.2. The van der Waals surface area contributed by atoms with Crippen molar-refractivity contribution in [3.05, 3.63) is 29.6 Å². The molecule has 1 aromatic rings.